The molecule has 4 aromatic rings. The highest BCUT2D eigenvalue weighted by molar-refractivity contribution is 7.13. The van der Waals surface area contributed by atoms with E-state index in [1.54, 1.807) is 6.20 Å². The van der Waals surface area contributed by atoms with Gasteiger partial charge in [-0.25, -0.2) is 9.97 Å². The fourth-order valence-corrected chi connectivity index (χ4v) is 4.12. The van der Waals surface area contributed by atoms with Gasteiger partial charge >= 0.3 is 0 Å². The fourth-order valence-electron chi connectivity index (χ4n) is 3.27. The van der Waals surface area contributed by atoms with E-state index < -0.39 is 0 Å². The second kappa shape index (κ2) is 9.57. The molecule has 158 valence electrons. The predicted octanol–water partition coefficient (Wildman–Crippen LogP) is 4.94. The van der Waals surface area contributed by atoms with Crippen molar-refractivity contribution in [2.45, 2.75) is 26.8 Å². The molecule has 0 aliphatic carbocycles. The predicted molar refractivity (Wildman–Crippen MR) is 124 cm³/mol. The van der Waals surface area contributed by atoms with Crippen molar-refractivity contribution >= 4 is 22.9 Å². The number of imidazole rings is 1. The van der Waals surface area contributed by atoms with Crippen LogP contribution in [0.2, 0.25) is 0 Å². The molecule has 2 aromatic carbocycles. The topological polar surface area (TPSA) is 69.0 Å². The number of nitrogens with zero attached hydrogens (tertiary/aromatic N) is 3. The van der Waals surface area contributed by atoms with E-state index in [4.69, 9.17) is 4.74 Å². The molecule has 6 nitrogen and oxygen atoms in total. The number of amides is 1. The number of rotatable bonds is 8. The highest BCUT2D eigenvalue weighted by Gasteiger charge is 2.12. The standard InChI is InChI=1S/C24H24N4O2S/c1-3-30-22-7-5-4-6-21(22)24-27-20(16-31-24)14-23(29)26-19-10-8-18(9-11-19)15-28-13-12-25-17(28)2/h4-13,16H,3,14-15H2,1-2H3,(H,26,29). The number of ether oxygens (including phenoxy) is 1. The molecule has 0 atom stereocenters. The lowest BCUT2D eigenvalue weighted by Crippen LogP contribution is -2.14. The molecular weight excluding hydrogens is 408 g/mol. The number of aromatic nitrogens is 3. The van der Waals surface area contributed by atoms with Crippen LogP contribution >= 0.6 is 11.3 Å². The maximum absolute atomic E-state index is 12.5. The van der Waals surface area contributed by atoms with Crippen molar-refractivity contribution in [2.75, 3.05) is 11.9 Å². The summed E-state index contributed by atoms with van der Waals surface area (Å²) in [5.74, 6) is 1.69. The largest absolute Gasteiger partial charge is 0.493 e. The minimum Gasteiger partial charge on any atom is -0.493 e. The lowest BCUT2D eigenvalue weighted by Gasteiger charge is -2.08. The number of hydrogen-bond acceptors (Lipinski definition) is 5. The molecule has 31 heavy (non-hydrogen) atoms. The van der Waals surface area contributed by atoms with E-state index in [1.165, 1.54) is 11.3 Å². The lowest BCUT2D eigenvalue weighted by molar-refractivity contribution is -0.115. The molecule has 1 amide bonds. The Morgan fingerprint density at radius 2 is 1.97 bits per heavy atom. The zero-order valence-electron chi connectivity index (χ0n) is 17.5. The number of thiazole rings is 1. The first-order chi connectivity index (χ1) is 15.1. The number of para-hydroxylation sites is 1. The van der Waals surface area contributed by atoms with Crippen molar-refractivity contribution in [3.8, 4) is 16.3 Å². The van der Waals surface area contributed by atoms with Crippen LogP contribution in [0.15, 0.2) is 66.3 Å². The van der Waals surface area contributed by atoms with Crippen LogP contribution in [-0.2, 0) is 17.8 Å². The van der Waals surface area contributed by atoms with Gasteiger partial charge in [-0.2, -0.15) is 0 Å². The zero-order valence-corrected chi connectivity index (χ0v) is 18.4. The first-order valence-corrected chi connectivity index (χ1v) is 11.0. The number of anilines is 1. The number of aryl methyl sites for hydroxylation is 1. The van der Waals surface area contributed by atoms with Crippen LogP contribution in [0.3, 0.4) is 0 Å². The molecule has 0 fully saturated rings. The lowest BCUT2D eigenvalue weighted by atomic mass is 10.2. The van der Waals surface area contributed by atoms with Gasteiger partial charge in [0.25, 0.3) is 0 Å². The average molecular weight is 433 g/mol. The maximum Gasteiger partial charge on any atom is 0.230 e. The molecule has 2 heterocycles. The summed E-state index contributed by atoms with van der Waals surface area (Å²) in [4.78, 5) is 21.4. The van der Waals surface area contributed by atoms with Gasteiger partial charge in [0.15, 0.2) is 0 Å². The minimum atomic E-state index is -0.0897. The molecule has 0 saturated carbocycles. The van der Waals surface area contributed by atoms with Crippen LogP contribution in [0.1, 0.15) is 24.0 Å². The van der Waals surface area contributed by atoms with Gasteiger partial charge in [-0.05, 0) is 43.7 Å². The van der Waals surface area contributed by atoms with Crippen LogP contribution in [0.25, 0.3) is 10.6 Å². The normalized spacial score (nSPS) is 10.8. The number of benzene rings is 2. The number of carbonyl (C=O) groups excluding carboxylic acids is 1. The molecule has 1 N–H and O–H groups in total. The van der Waals surface area contributed by atoms with Crippen LogP contribution in [0.4, 0.5) is 5.69 Å². The van der Waals surface area contributed by atoms with E-state index in [0.29, 0.717) is 6.61 Å². The van der Waals surface area contributed by atoms with Crippen molar-refractivity contribution in [2.24, 2.45) is 0 Å². The van der Waals surface area contributed by atoms with Gasteiger partial charge in [0.2, 0.25) is 5.91 Å². The van der Waals surface area contributed by atoms with Gasteiger partial charge < -0.3 is 14.6 Å². The van der Waals surface area contributed by atoms with Gasteiger partial charge in [-0.15, -0.1) is 11.3 Å². The van der Waals surface area contributed by atoms with Crippen molar-refractivity contribution in [3.63, 3.8) is 0 Å². The monoisotopic (exact) mass is 432 g/mol. The van der Waals surface area contributed by atoms with Gasteiger partial charge in [0.1, 0.15) is 16.6 Å². The van der Waals surface area contributed by atoms with E-state index in [0.717, 1.165) is 45.6 Å². The summed E-state index contributed by atoms with van der Waals surface area (Å²) in [5.41, 5.74) is 3.62. The summed E-state index contributed by atoms with van der Waals surface area (Å²) in [5, 5.41) is 5.73. The molecule has 0 bridgehead atoms. The van der Waals surface area contributed by atoms with Crippen molar-refractivity contribution < 1.29 is 9.53 Å². The van der Waals surface area contributed by atoms with Gasteiger partial charge in [-0.1, -0.05) is 24.3 Å². The molecular formula is C24H24N4O2S. The summed E-state index contributed by atoms with van der Waals surface area (Å²) in [7, 11) is 0. The summed E-state index contributed by atoms with van der Waals surface area (Å²) >= 11 is 1.52. The van der Waals surface area contributed by atoms with Gasteiger partial charge in [0, 0.05) is 30.0 Å². The summed E-state index contributed by atoms with van der Waals surface area (Å²) in [6.07, 6.45) is 3.98. The first kappa shape index (κ1) is 20.8. The Balaban J connectivity index is 1.37. The van der Waals surface area contributed by atoms with Crippen LogP contribution < -0.4 is 10.1 Å². The second-order valence-corrected chi connectivity index (χ2v) is 7.96. The number of carbonyl (C=O) groups is 1. The molecule has 0 unspecified atom stereocenters. The molecule has 0 radical (unpaired) electrons. The average Bonchev–Trinajstić information content (AvgIpc) is 3.39. The second-order valence-electron chi connectivity index (χ2n) is 7.10. The molecule has 0 aliphatic heterocycles. The quantitative estimate of drug-likeness (QED) is 0.428. The summed E-state index contributed by atoms with van der Waals surface area (Å²) in [6.45, 7) is 5.29. The Bertz CT molecular complexity index is 1160. The van der Waals surface area contributed by atoms with E-state index in [9.17, 15) is 4.79 Å². The highest BCUT2D eigenvalue weighted by atomic mass is 32.1. The third kappa shape index (κ3) is 5.19. The molecule has 4 rings (SSSR count). The van der Waals surface area contributed by atoms with Crippen LogP contribution in [0.5, 0.6) is 5.75 Å². The third-order valence-corrected chi connectivity index (χ3v) is 5.75. The van der Waals surface area contributed by atoms with Crippen molar-refractivity contribution in [3.05, 3.63) is 83.4 Å². The van der Waals surface area contributed by atoms with E-state index >= 15 is 0 Å². The Morgan fingerprint density at radius 1 is 1.16 bits per heavy atom. The molecule has 0 spiro atoms. The van der Waals surface area contributed by atoms with Crippen molar-refractivity contribution in [1.29, 1.82) is 0 Å². The first-order valence-electron chi connectivity index (χ1n) is 10.2. The molecule has 2 aromatic heterocycles. The van der Waals surface area contributed by atoms with E-state index in [2.05, 4.69) is 19.9 Å². The Morgan fingerprint density at radius 3 is 2.71 bits per heavy atom. The van der Waals surface area contributed by atoms with E-state index in [1.807, 2.05) is 74.0 Å². The van der Waals surface area contributed by atoms with Gasteiger partial charge in [0.05, 0.1) is 24.3 Å². The minimum absolute atomic E-state index is 0.0897. The number of nitrogens with one attached hydrogen (secondary N) is 1. The Hall–Kier alpha value is -3.45. The van der Waals surface area contributed by atoms with Gasteiger partial charge in [-0.3, -0.25) is 4.79 Å². The van der Waals surface area contributed by atoms with Crippen LogP contribution in [-0.4, -0.2) is 27.0 Å². The van der Waals surface area contributed by atoms with Crippen molar-refractivity contribution in [1.82, 2.24) is 14.5 Å². The zero-order chi connectivity index (χ0) is 21.6. The third-order valence-electron chi connectivity index (χ3n) is 4.82. The highest BCUT2D eigenvalue weighted by Crippen LogP contribution is 2.32. The van der Waals surface area contributed by atoms with E-state index in [-0.39, 0.29) is 12.3 Å². The maximum atomic E-state index is 12.5. The SMILES string of the molecule is CCOc1ccccc1-c1nc(CC(=O)Nc2ccc(Cn3ccnc3C)cc2)cs1. The molecule has 7 heteroatoms. The van der Waals surface area contributed by atoms with Crippen LogP contribution in [0, 0.1) is 6.92 Å². The smallest absolute Gasteiger partial charge is 0.230 e. The molecule has 0 saturated heterocycles. The summed E-state index contributed by atoms with van der Waals surface area (Å²) in [6, 6.07) is 15.7. The molecule has 0 aliphatic rings. The summed E-state index contributed by atoms with van der Waals surface area (Å²) < 4.78 is 7.77. The Kier molecular flexibility index (Phi) is 6.43. The Labute approximate surface area is 185 Å². The number of hydrogen-bond donors (Lipinski definition) is 1. The fraction of sp³-hybridized carbons (Fsp3) is 0.208.